The zero-order chi connectivity index (χ0) is 11.8. The van der Waals surface area contributed by atoms with E-state index in [9.17, 15) is 9.18 Å². The molecule has 86 valence electrons. The number of nitrogens with one attached hydrogen (secondary N) is 1. The van der Waals surface area contributed by atoms with Crippen LogP contribution in [0.1, 0.15) is 10.4 Å². The minimum Gasteiger partial charge on any atom is -0.491 e. The minimum absolute atomic E-state index is 0.220. The summed E-state index contributed by atoms with van der Waals surface area (Å²) in [5.41, 5.74) is 0.389. The van der Waals surface area contributed by atoms with Gasteiger partial charge in [-0.25, -0.2) is 4.39 Å². The van der Waals surface area contributed by atoms with Gasteiger partial charge < -0.3 is 10.1 Å². The molecule has 2 aromatic rings. The first-order chi connectivity index (χ1) is 8.25. The fourth-order valence-corrected chi connectivity index (χ4v) is 1.98. The second-order valence-electron chi connectivity index (χ2n) is 3.91. The number of carbonyl (C=O) groups excluding carboxylic acids is 1. The first-order valence-corrected chi connectivity index (χ1v) is 5.39. The van der Waals surface area contributed by atoms with E-state index in [0.29, 0.717) is 29.9 Å². The maximum atomic E-state index is 13.6. The van der Waals surface area contributed by atoms with Gasteiger partial charge in [-0.15, -0.1) is 0 Å². The summed E-state index contributed by atoms with van der Waals surface area (Å²) in [6.45, 7) is 0.895. The molecule has 2 aromatic carbocycles. The van der Waals surface area contributed by atoms with Crippen LogP contribution in [-0.2, 0) is 0 Å². The zero-order valence-electron chi connectivity index (χ0n) is 9.00. The summed E-state index contributed by atoms with van der Waals surface area (Å²) in [4.78, 5) is 11.7. The fourth-order valence-electron chi connectivity index (χ4n) is 1.98. The number of rotatable bonds is 0. The lowest BCUT2D eigenvalue weighted by molar-refractivity contribution is 0.0957. The number of benzene rings is 2. The largest absolute Gasteiger partial charge is 0.491 e. The molecular formula is C13H10FNO2. The highest BCUT2D eigenvalue weighted by Crippen LogP contribution is 2.28. The highest BCUT2D eigenvalue weighted by Gasteiger charge is 2.17. The molecule has 0 fully saturated rings. The van der Waals surface area contributed by atoms with Crippen molar-refractivity contribution in [2.75, 3.05) is 13.2 Å². The molecule has 4 heteroatoms. The molecule has 1 aliphatic heterocycles. The van der Waals surface area contributed by atoms with E-state index in [1.165, 1.54) is 6.07 Å². The second-order valence-corrected chi connectivity index (χ2v) is 3.91. The van der Waals surface area contributed by atoms with Crippen molar-refractivity contribution in [1.29, 1.82) is 0 Å². The van der Waals surface area contributed by atoms with E-state index in [2.05, 4.69) is 5.32 Å². The number of ether oxygens (including phenoxy) is 1. The average molecular weight is 231 g/mol. The molecule has 0 unspecified atom stereocenters. The lowest BCUT2D eigenvalue weighted by Crippen LogP contribution is -2.24. The number of carbonyl (C=O) groups is 1. The Balaban J connectivity index is 2.30. The molecule has 3 nitrogen and oxygen atoms in total. The first kappa shape index (κ1) is 10.1. The van der Waals surface area contributed by atoms with Crippen molar-refractivity contribution in [3.8, 4) is 5.75 Å². The molecule has 1 amide bonds. The van der Waals surface area contributed by atoms with Crippen molar-refractivity contribution >= 4 is 16.7 Å². The predicted octanol–water partition coefficient (Wildman–Crippen LogP) is 2.10. The molecule has 0 saturated heterocycles. The maximum Gasteiger partial charge on any atom is 0.255 e. The predicted molar refractivity (Wildman–Crippen MR) is 61.7 cm³/mol. The normalized spacial score (nSPS) is 14.8. The fraction of sp³-hybridized carbons (Fsp3) is 0.154. The van der Waals surface area contributed by atoms with Crippen LogP contribution in [0.25, 0.3) is 10.8 Å². The van der Waals surface area contributed by atoms with E-state index in [4.69, 9.17) is 4.74 Å². The molecule has 0 atom stereocenters. The van der Waals surface area contributed by atoms with Crippen LogP contribution >= 0.6 is 0 Å². The van der Waals surface area contributed by atoms with Crippen LogP contribution in [0.4, 0.5) is 4.39 Å². The molecule has 1 aliphatic rings. The molecule has 0 aliphatic carbocycles. The van der Waals surface area contributed by atoms with Crippen LogP contribution in [0.15, 0.2) is 30.3 Å². The Bertz CT molecular complexity index is 610. The third-order valence-electron chi connectivity index (χ3n) is 2.82. The van der Waals surface area contributed by atoms with Gasteiger partial charge in [0.2, 0.25) is 0 Å². The van der Waals surface area contributed by atoms with E-state index < -0.39 is 0 Å². The number of hydrogen-bond acceptors (Lipinski definition) is 2. The van der Waals surface area contributed by atoms with Crippen molar-refractivity contribution in [1.82, 2.24) is 5.32 Å². The summed E-state index contributed by atoms with van der Waals surface area (Å²) >= 11 is 0. The van der Waals surface area contributed by atoms with E-state index in [-0.39, 0.29) is 11.7 Å². The third-order valence-corrected chi connectivity index (χ3v) is 2.82. The Morgan fingerprint density at radius 3 is 3.06 bits per heavy atom. The molecule has 3 rings (SSSR count). The van der Waals surface area contributed by atoms with Crippen LogP contribution in [0.3, 0.4) is 0 Å². The van der Waals surface area contributed by atoms with E-state index >= 15 is 0 Å². The van der Waals surface area contributed by atoms with Gasteiger partial charge in [0.25, 0.3) is 5.91 Å². The van der Waals surface area contributed by atoms with E-state index in [1.54, 1.807) is 24.3 Å². The summed E-state index contributed by atoms with van der Waals surface area (Å²) < 4.78 is 19.1. The summed E-state index contributed by atoms with van der Waals surface area (Å²) in [5, 5.41) is 3.87. The van der Waals surface area contributed by atoms with Gasteiger partial charge in [-0.3, -0.25) is 4.79 Å². The van der Waals surface area contributed by atoms with E-state index in [1.807, 2.05) is 0 Å². The Morgan fingerprint density at radius 2 is 2.18 bits per heavy atom. The maximum absolute atomic E-state index is 13.6. The van der Waals surface area contributed by atoms with Crippen molar-refractivity contribution in [3.05, 3.63) is 41.7 Å². The van der Waals surface area contributed by atoms with Gasteiger partial charge in [0, 0.05) is 5.39 Å². The SMILES string of the molecule is O=C1NCCOc2cc3cccc(F)c3cc21. The summed E-state index contributed by atoms with van der Waals surface area (Å²) in [6, 6.07) is 8.06. The third kappa shape index (κ3) is 1.62. The molecule has 1 N–H and O–H groups in total. The van der Waals surface area contributed by atoms with Gasteiger partial charge in [-0.2, -0.15) is 0 Å². The summed E-state index contributed by atoms with van der Waals surface area (Å²) in [5.74, 6) is -0.0388. The smallest absolute Gasteiger partial charge is 0.255 e. The molecular weight excluding hydrogens is 221 g/mol. The molecule has 0 saturated carbocycles. The standard InChI is InChI=1S/C13H10FNO2/c14-11-3-1-2-8-6-12-10(7-9(8)11)13(16)15-4-5-17-12/h1-3,6-7H,4-5H2,(H,15,16). The van der Waals surface area contributed by atoms with Crippen LogP contribution < -0.4 is 10.1 Å². The molecule has 0 radical (unpaired) electrons. The summed E-state index contributed by atoms with van der Waals surface area (Å²) in [7, 11) is 0. The Morgan fingerprint density at radius 1 is 1.29 bits per heavy atom. The lowest BCUT2D eigenvalue weighted by atomic mass is 10.0. The van der Waals surface area contributed by atoms with Gasteiger partial charge in [0.05, 0.1) is 12.1 Å². The molecule has 17 heavy (non-hydrogen) atoms. The number of fused-ring (bicyclic) bond motifs is 2. The highest BCUT2D eigenvalue weighted by molar-refractivity contribution is 6.02. The lowest BCUT2D eigenvalue weighted by Gasteiger charge is -2.07. The Labute approximate surface area is 97.2 Å². The molecule has 0 spiro atoms. The first-order valence-electron chi connectivity index (χ1n) is 5.39. The highest BCUT2D eigenvalue weighted by atomic mass is 19.1. The van der Waals surface area contributed by atoms with Gasteiger partial charge >= 0.3 is 0 Å². The van der Waals surface area contributed by atoms with Crippen LogP contribution in [0, 0.1) is 5.82 Å². The van der Waals surface area contributed by atoms with Crippen molar-refractivity contribution in [3.63, 3.8) is 0 Å². The van der Waals surface area contributed by atoms with Gasteiger partial charge in [0.1, 0.15) is 18.2 Å². The minimum atomic E-state index is -0.331. The zero-order valence-corrected chi connectivity index (χ0v) is 9.00. The summed E-state index contributed by atoms with van der Waals surface area (Å²) in [6.07, 6.45) is 0. The van der Waals surface area contributed by atoms with Crippen LogP contribution in [0.2, 0.25) is 0 Å². The number of amides is 1. The Kier molecular flexibility index (Phi) is 2.21. The average Bonchev–Trinajstić information content (AvgIpc) is 2.50. The van der Waals surface area contributed by atoms with Crippen molar-refractivity contribution < 1.29 is 13.9 Å². The monoisotopic (exact) mass is 231 g/mol. The van der Waals surface area contributed by atoms with E-state index in [0.717, 1.165) is 5.39 Å². The van der Waals surface area contributed by atoms with Crippen LogP contribution in [0.5, 0.6) is 5.75 Å². The topological polar surface area (TPSA) is 38.3 Å². The quantitative estimate of drug-likeness (QED) is 0.754. The molecule has 0 aromatic heterocycles. The van der Waals surface area contributed by atoms with Gasteiger partial charge in [-0.05, 0) is 23.6 Å². The molecule has 0 bridgehead atoms. The van der Waals surface area contributed by atoms with Crippen molar-refractivity contribution in [2.45, 2.75) is 0 Å². The van der Waals surface area contributed by atoms with Gasteiger partial charge in [0.15, 0.2) is 0 Å². The van der Waals surface area contributed by atoms with Crippen LogP contribution in [-0.4, -0.2) is 19.1 Å². The van der Waals surface area contributed by atoms with Gasteiger partial charge in [-0.1, -0.05) is 12.1 Å². The Hall–Kier alpha value is -2.10. The molecule has 1 heterocycles. The number of hydrogen-bond donors (Lipinski definition) is 1. The van der Waals surface area contributed by atoms with Crippen molar-refractivity contribution in [2.24, 2.45) is 0 Å². The number of halogens is 1. The second kappa shape index (κ2) is 3.73.